The smallest absolute Gasteiger partial charge is 0.254 e. The number of nitrogens with zero attached hydrogens (tertiary/aromatic N) is 3. The largest absolute Gasteiger partial charge is 0.334 e. The Bertz CT molecular complexity index is 853. The van der Waals surface area contributed by atoms with Gasteiger partial charge in [-0.15, -0.1) is 0 Å². The van der Waals surface area contributed by atoms with Gasteiger partial charge in [-0.2, -0.15) is 0 Å². The number of carbonyl (C=O) groups is 1. The van der Waals surface area contributed by atoms with Crippen molar-refractivity contribution in [2.24, 2.45) is 0 Å². The van der Waals surface area contributed by atoms with E-state index in [0.717, 1.165) is 12.8 Å². The molecule has 0 bridgehead atoms. The first-order valence-corrected chi connectivity index (χ1v) is 9.40. The minimum atomic E-state index is -3.55. The van der Waals surface area contributed by atoms with Gasteiger partial charge in [0.25, 0.3) is 5.91 Å². The van der Waals surface area contributed by atoms with Gasteiger partial charge in [-0.05, 0) is 31.0 Å². The summed E-state index contributed by atoms with van der Waals surface area (Å²) in [4.78, 5) is 18.4. The molecule has 1 amide bonds. The molecule has 7 nitrogen and oxygen atoms in total. The van der Waals surface area contributed by atoms with Crippen LogP contribution in [0.1, 0.15) is 29.2 Å². The second kappa shape index (κ2) is 5.71. The molecule has 2 heterocycles. The highest BCUT2D eigenvalue weighted by molar-refractivity contribution is 7.89. The third kappa shape index (κ3) is 2.94. The number of carbonyl (C=O) groups excluding carboxylic acids is 1. The number of rotatable bonds is 5. The molecule has 1 aromatic heterocycles. The van der Waals surface area contributed by atoms with Crippen LogP contribution in [0, 0.1) is 0 Å². The fraction of sp³-hybridized carbons (Fsp3) is 0.375. The fourth-order valence-electron chi connectivity index (χ4n) is 2.76. The monoisotopic (exact) mass is 346 g/mol. The maximum absolute atomic E-state index is 12.5. The van der Waals surface area contributed by atoms with E-state index in [1.54, 1.807) is 29.6 Å². The minimum absolute atomic E-state index is 0.0423. The first-order valence-electron chi connectivity index (χ1n) is 7.92. The third-order valence-electron chi connectivity index (χ3n) is 4.39. The molecule has 1 aliphatic heterocycles. The molecule has 126 valence electrons. The van der Waals surface area contributed by atoms with Gasteiger partial charge in [-0.3, -0.25) is 4.79 Å². The molecule has 0 radical (unpaired) electrons. The van der Waals surface area contributed by atoms with Gasteiger partial charge in [-0.1, -0.05) is 6.07 Å². The third-order valence-corrected chi connectivity index (χ3v) is 5.90. The average Bonchev–Trinajstić information content (AvgIpc) is 3.16. The zero-order valence-electron chi connectivity index (χ0n) is 13.0. The Labute approximate surface area is 140 Å². The summed E-state index contributed by atoms with van der Waals surface area (Å²) < 4.78 is 29.2. The Balaban J connectivity index is 1.46. The molecule has 1 N–H and O–H groups in total. The van der Waals surface area contributed by atoms with Crippen molar-refractivity contribution in [1.82, 2.24) is 19.2 Å². The summed E-state index contributed by atoms with van der Waals surface area (Å²) in [6.07, 6.45) is 7.08. The summed E-state index contributed by atoms with van der Waals surface area (Å²) in [6, 6.07) is 6.52. The van der Waals surface area contributed by atoms with Gasteiger partial charge in [0.05, 0.1) is 17.3 Å². The molecule has 0 atom stereocenters. The molecule has 1 saturated heterocycles. The van der Waals surface area contributed by atoms with Crippen molar-refractivity contribution < 1.29 is 13.2 Å². The van der Waals surface area contributed by atoms with Crippen LogP contribution in [-0.4, -0.2) is 47.9 Å². The highest BCUT2D eigenvalue weighted by atomic mass is 32.2. The van der Waals surface area contributed by atoms with Crippen molar-refractivity contribution in [3.8, 4) is 0 Å². The number of nitrogens with one attached hydrogen (secondary N) is 1. The van der Waals surface area contributed by atoms with Crippen LogP contribution in [-0.2, 0) is 10.0 Å². The molecule has 0 unspecified atom stereocenters. The molecule has 4 rings (SSSR count). The average molecular weight is 346 g/mol. The lowest BCUT2D eigenvalue weighted by atomic mass is 10.1. The van der Waals surface area contributed by atoms with E-state index in [9.17, 15) is 13.2 Å². The Morgan fingerprint density at radius 1 is 1.25 bits per heavy atom. The van der Waals surface area contributed by atoms with Gasteiger partial charge in [0.1, 0.15) is 0 Å². The number of sulfonamides is 1. The van der Waals surface area contributed by atoms with E-state index in [2.05, 4.69) is 9.71 Å². The molecular weight excluding hydrogens is 328 g/mol. The summed E-state index contributed by atoms with van der Waals surface area (Å²) in [6.45, 7) is 1.21. The number of aromatic nitrogens is 2. The first-order chi connectivity index (χ1) is 11.5. The zero-order chi connectivity index (χ0) is 16.7. The van der Waals surface area contributed by atoms with E-state index in [4.69, 9.17) is 0 Å². The van der Waals surface area contributed by atoms with Crippen LogP contribution in [0.2, 0.25) is 0 Å². The van der Waals surface area contributed by atoms with E-state index in [-0.39, 0.29) is 22.9 Å². The van der Waals surface area contributed by atoms with Gasteiger partial charge in [-0.25, -0.2) is 18.1 Å². The molecule has 24 heavy (non-hydrogen) atoms. The summed E-state index contributed by atoms with van der Waals surface area (Å²) in [5, 5.41) is 0. The maximum Gasteiger partial charge on any atom is 0.254 e. The second-order valence-corrected chi connectivity index (χ2v) is 8.01. The highest BCUT2D eigenvalue weighted by Crippen LogP contribution is 2.25. The number of likely N-dealkylation sites (tertiary alicyclic amines) is 1. The van der Waals surface area contributed by atoms with Crippen LogP contribution in [0.5, 0.6) is 0 Å². The van der Waals surface area contributed by atoms with Crippen molar-refractivity contribution in [3.05, 3.63) is 48.5 Å². The van der Waals surface area contributed by atoms with Crippen molar-refractivity contribution >= 4 is 15.9 Å². The lowest BCUT2D eigenvalue weighted by Crippen LogP contribution is -2.50. The summed E-state index contributed by atoms with van der Waals surface area (Å²) >= 11 is 0. The van der Waals surface area contributed by atoms with Gasteiger partial charge >= 0.3 is 0 Å². The first kappa shape index (κ1) is 15.3. The number of hydrogen-bond acceptors (Lipinski definition) is 4. The van der Waals surface area contributed by atoms with Gasteiger partial charge < -0.3 is 9.47 Å². The Kier molecular flexibility index (Phi) is 3.65. The zero-order valence-corrected chi connectivity index (χ0v) is 13.8. The van der Waals surface area contributed by atoms with Gasteiger partial charge in [0.15, 0.2) is 0 Å². The maximum atomic E-state index is 12.5. The van der Waals surface area contributed by atoms with Crippen molar-refractivity contribution in [2.75, 3.05) is 13.1 Å². The molecule has 1 saturated carbocycles. The molecule has 2 aromatic rings. The molecule has 1 aromatic carbocycles. The van der Waals surface area contributed by atoms with Crippen LogP contribution in [0.15, 0.2) is 47.9 Å². The van der Waals surface area contributed by atoms with E-state index in [1.807, 2.05) is 10.8 Å². The standard InChI is InChI=1S/C16H18N4O3S/c21-16(20-9-14(10-20)19-7-6-17-11-19)12-2-1-3-15(8-12)24(22,23)18-13-4-5-13/h1-3,6-8,11,13-14,18H,4-5,9-10H2. The molecule has 0 spiro atoms. The van der Waals surface area contributed by atoms with E-state index >= 15 is 0 Å². The van der Waals surface area contributed by atoms with Crippen LogP contribution in [0.25, 0.3) is 0 Å². The SMILES string of the molecule is O=C(c1cccc(S(=O)(=O)NC2CC2)c1)N1CC(n2ccnc2)C1. The topological polar surface area (TPSA) is 84.3 Å². The van der Waals surface area contributed by atoms with Gasteiger partial charge in [0, 0.05) is 37.1 Å². The Morgan fingerprint density at radius 3 is 2.71 bits per heavy atom. The fourth-order valence-corrected chi connectivity index (χ4v) is 4.11. The summed E-state index contributed by atoms with van der Waals surface area (Å²) in [7, 11) is -3.55. The molecule has 8 heteroatoms. The summed E-state index contributed by atoms with van der Waals surface area (Å²) in [5.74, 6) is -0.144. The van der Waals surface area contributed by atoms with Crippen LogP contribution >= 0.6 is 0 Å². The van der Waals surface area contributed by atoms with Crippen LogP contribution < -0.4 is 4.72 Å². The number of hydrogen-bond donors (Lipinski definition) is 1. The summed E-state index contributed by atoms with van der Waals surface area (Å²) in [5.41, 5.74) is 0.401. The van der Waals surface area contributed by atoms with E-state index in [0.29, 0.717) is 18.7 Å². The number of amides is 1. The van der Waals surface area contributed by atoms with Crippen LogP contribution in [0.4, 0.5) is 0 Å². The van der Waals surface area contributed by atoms with Crippen molar-refractivity contribution in [1.29, 1.82) is 0 Å². The number of imidazole rings is 1. The predicted molar refractivity (Wildman–Crippen MR) is 87.0 cm³/mol. The second-order valence-electron chi connectivity index (χ2n) is 6.30. The van der Waals surface area contributed by atoms with Crippen LogP contribution in [0.3, 0.4) is 0 Å². The van der Waals surface area contributed by atoms with Gasteiger partial charge in [0.2, 0.25) is 10.0 Å². The van der Waals surface area contributed by atoms with E-state index < -0.39 is 10.0 Å². The molecule has 2 aliphatic rings. The molecular formula is C16H18N4O3S. The van der Waals surface area contributed by atoms with Crippen molar-refractivity contribution in [3.63, 3.8) is 0 Å². The quantitative estimate of drug-likeness (QED) is 0.876. The minimum Gasteiger partial charge on any atom is -0.334 e. The lowest BCUT2D eigenvalue weighted by molar-refractivity contribution is 0.0520. The number of benzene rings is 1. The highest BCUT2D eigenvalue weighted by Gasteiger charge is 2.33. The Hall–Kier alpha value is -2.19. The predicted octanol–water partition coefficient (Wildman–Crippen LogP) is 1.02. The molecule has 2 fully saturated rings. The van der Waals surface area contributed by atoms with Crippen molar-refractivity contribution in [2.45, 2.75) is 29.8 Å². The lowest BCUT2D eigenvalue weighted by Gasteiger charge is -2.39. The molecule has 1 aliphatic carbocycles. The normalized spacial score (nSPS) is 18.4. The Morgan fingerprint density at radius 2 is 2.04 bits per heavy atom. The van der Waals surface area contributed by atoms with E-state index in [1.165, 1.54) is 12.1 Å².